The number of hydrogen-bond acceptors (Lipinski definition) is 4. The van der Waals surface area contributed by atoms with E-state index in [4.69, 9.17) is 11.6 Å². The monoisotopic (exact) mass is 419 g/mol. The highest BCUT2D eigenvalue weighted by molar-refractivity contribution is 6.30. The second kappa shape index (κ2) is 7.51. The highest BCUT2D eigenvalue weighted by atomic mass is 35.5. The second-order valence-corrected chi connectivity index (χ2v) is 7.68. The third kappa shape index (κ3) is 3.37. The minimum Gasteiger partial charge on any atom is -0.503 e. The molecular formula is C20H19ClFN3O4. The predicted octanol–water partition coefficient (Wildman–Crippen LogP) is 2.46. The van der Waals surface area contributed by atoms with Crippen molar-refractivity contribution in [2.45, 2.75) is 31.8 Å². The molecule has 0 spiro atoms. The number of benzene rings is 1. The fourth-order valence-electron chi connectivity index (χ4n) is 3.92. The van der Waals surface area contributed by atoms with E-state index in [-0.39, 0.29) is 34.4 Å². The van der Waals surface area contributed by atoms with Crippen LogP contribution < -0.4 is 10.7 Å². The zero-order valence-electron chi connectivity index (χ0n) is 15.5. The molecule has 0 unspecified atom stereocenters. The fourth-order valence-corrected chi connectivity index (χ4v) is 4.11. The molecule has 2 aliphatic rings. The zero-order chi connectivity index (χ0) is 20.7. The molecule has 1 fully saturated rings. The van der Waals surface area contributed by atoms with E-state index >= 15 is 0 Å². The van der Waals surface area contributed by atoms with Crippen LogP contribution in [-0.4, -0.2) is 39.5 Å². The van der Waals surface area contributed by atoms with Crippen LogP contribution in [0.25, 0.3) is 0 Å². The third-order valence-electron chi connectivity index (χ3n) is 5.46. The van der Waals surface area contributed by atoms with Gasteiger partial charge in [0.15, 0.2) is 11.4 Å². The summed E-state index contributed by atoms with van der Waals surface area (Å²) in [6.45, 7) is 0.878. The molecule has 1 aromatic carbocycles. The number of nitrogens with zero attached hydrogens (tertiary/aromatic N) is 2. The van der Waals surface area contributed by atoms with Gasteiger partial charge < -0.3 is 19.9 Å². The first-order valence-electron chi connectivity index (χ1n) is 9.37. The highest BCUT2D eigenvalue weighted by Crippen LogP contribution is 2.31. The lowest BCUT2D eigenvalue weighted by atomic mass is 10.1. The Hall–Kier alpha value is -2.87. The van der Waals surface area contributed by atoms with Gasteiger partial charge in [-0.25, -0.2) is 4.39 Å². The predicted molar refractivity (Wildman–Crippen MR) is 104 cm³/mol. The SMILES string of the molecule is O=C(NCc1cccc(Cl)c1F)c1cn2c(c(O)c1=O)C(=O)N1CCCC[C@H]2C1. The van der Waals surface area contributed by atoms with Crippen LogP contribution in [0.4, 0.5) is 4.39 Å². The van der Waals surface area contributed by atoms with Crippen molar-refractivity contribution in [1.82, 2.24) is 14.8 Å². The number of nitrogens with one attached hydrogen (secondary N) is 1. The molecule has 2 N–H and O–H groups in total. The molecule has 152 valence electrons. The fraction of sp³-hybridized carbons (Fsp3) is 0.350. The Bertz CT molecular complexity index is 1070. The summed E-state index contributed by atoms with van der Waals surface area (Å²) >= 11 is 5.74. The minimum atomic E-state index is -0.923. The first kappa shape index (κ1) is 19.4. The average molecular weight is 420 g/mol. The molecule has 9 heteroatoms. The van der Waals surface area contributed by atoms with Gasteiger partial charge in [0.25, 0.3) is 11.8 Å². The molecule has 1 saturated heterocycles. The van der Waals surface area contributed by atoms with Crippen LogP contribution >= 0.6 is 11.6 Å². The molecule has 2 aliphatic heterocycles. The number of carbonyl (C=O) groups excluding carboxylic acids is 2. The number of halogens is 2. The molecule has 3 heterocycles. The van der Waals surface area contributed by atoms with E-state index in [2.05, 4.69) is 5.32 Å². The third-order valence-corrected chi connectivity index (χ3v) is 5.75. The van der Waals surface area contributed by atoms with Crippen molar-refractivity contribution < 1.29 is 19.1 Å². The first-order valence-corrected chi connectivity index (χ1v) is 9.74. The maximum Gasteiger partial charge on any atom is 0.274 e. The number of aromatic hydroxyl groups is 1. The Balaban J connectivity index is 1.67. The van der Waals surface area contributed by atoms with Gasteiger partial charge in [-0.15, -0.1) is 0 Å². The van der Waals surface area contributed by atoms with E-state index in [1.807, 2.05) is 0 Å². The lowest BCUT2D eigenvalue weighted by Gasteiger charge is -2.34. The molecule has 4 rings (SSSR count). The highest BCUT2D eigenvalue weighted by Gasteiger charge is 2.36. The van der Waals surface area contributed by atoms with E-state index in [1.165, 1.54) is 22.9 Å². The van der Waals surface area contributed by atoms with E-state index in [0.717, 1.165) is 19.3 Å². The normalized spacial score (nSPS) is 18.2. The summed E-state index contributed by atoms with van der Waals surface area (Å²) in [7, 11) is 0. The molecule has 7 nitrogen and oxygen atoms in total. The Labute approximate surface area is 170 Å². The van der Waals surface area contributed by atoms with Gasteiger partial charge >= 0.3 is 0 Å². The molecular weight excluding hydrogens is 401 g/mol. The van der Waals surface area contributed by atoms with Gasteiger partial charge in [0.1, 0.15) is 11.4 Å². The number of amides is 2. The van der Waals surface area contributed by atoms with Gasteiger partial charge in [-0.1, -0.05) is 23.7 Å². The summed E-state index contributed by atoms with van der Waals surface area (Å²) in [4.78, 5) is 39.5. The molecule has 1 atom stereocenters. The molecule has 2 amide bonds. The van der Waals surface area contributed by atoms with Crippen LogP contribution in [-0.2, 0) is 6.54 Å². The summed E-state index contributed by atoms with van der Waals surface area (Å²) < 4.78 is 15.6. The Morgan fingerprint density at radius 1 is 1.31 bits per heavy atom. The molecule has 2 aromatic rings. The lowest BCUT2D eigenvalue weighted by molar-refractivity contribution is 0.0677. The van der Waals surface area contributed by atoms with Crippen LogP contribution in [0.1, 0.15) is 51.7 Å². The number of hydrogen-bond donors (Lipinski definition) is 2. The van der Waals surface area contributed by atoms with Gasteiger partial charge in [-0.05, 0) is 25.3 Å². The number of carbonyl (C=O) groups is 2. The number of rotatable bonds is 3. The molecule has 0 radical (unpaired) electrons. The van der Waals surface area contributed by atoms with Gasteiger partial charge in [-0.3, -0.25) is 14.4 Å². The van der Waals surface area contributed by atoms with Crippen LogP contribution in [0, 0.1) is 5.82 Å². The second-order valence-electron chi connectivity index (χ2n) is 7.27. The number of aromatic nitrogens is 1. The largest absolute Gasteiger partial charge is 0.503 e. The van der Waals surface area contributed by atoms with E-state index < -0.39 is 28.8 Å². The van der Waals surface area contributed by atoms with Crippen molar-refractivity contribution in [2.75, 3.05) is 13.1 Å². The van der Waals surface area contributed by atoms with Crippen molar-refractivity contribution in [1.29, 1.82) is 0 Å². The van der Waals surface area contributed by atoms with Crippen LogP contribution in [0.15, 0.2) is 29.2 Å². The quantitative estimate of drug-likeness (QED) is 0.799. The first-order chi connectivity index (χ1) is 13.9. The van der Waals surface area contributed by atoms with Gasteiger partial charge in [-0.2, -0.15) is 0 Å². The topological polar surface area (TPSA) is 91.6 Å². The molecule has 2 bridgehead atoms. The Kier molecular flexibility index (Phi) is 5.04. The van der Waals surface area contributed by atoms with E-state index in [1.54, 1.807) is 11.0 Å². The minimum absolute atomic E-state index is 0.0697. The lowest BCUT2D eigenvalue weighted by Crippen LogP contribution is -2.44. The summed E-state index contributed by atoms with van der Waals surface area (Å²) in [6.07, 6.45) is 3.84. The van der Waals surface area contributed by atoms with Crippen LogP contribution in [0.2, 0.25) is 5.02 Å². The van der Waals surface area contributed by atoms with Gasteiger partial charge in [0.2, 0.25) is 5.43 Å². The van der Waals surface area contributed by atoms with Gasteiger partial charge in [0, 0.05) is 31.4 Å². The zero-order valence-corrected chi connectivity index (χ0v) is 16.2. The average Bonchev–Trinajstić information content (AvgIpc) is 2.93. The van der Waals surface area contributed by atoms with Crippen molar-refractivity contribution in [3.8, 4) is 5.75 Å². The van der Waals surface area contributed by atoms with E-state index in [0.29, 0.717) is 13.1 Å². The van der Waals surface area contributed by atoms with Crippen LogP contribution in [0.5, 0.6) is 5.75 Å². The van der Waals surface area contributed by atoms with E-state index in [9.17, 15) is 23.9 Å². The Morgan fingerprint density at radius 2 is 2.10 bits per heavy atom. The van der Waals surface area contributed by atoms with Crippen molar-refractivity contribution in [2.24, 2.45) is 0 Å². The summed E-state index contributed by atoms with van der Waals surface area (Å²) in [5.74, 6) is -2.55. The maximum absolute atomic E-state index is 14.0. The summed E-state index contributed by atoms with van der Waals surface area (Å²) in [5, 5.41) is 12.8. The van der Waals surface area contributed by atoms with Crippen molar-refractivity contribution in [3.05, 3.63) is 62.3 Å². The molecule has 0 aliphatic carbocycles. The maximum atomic E-state index is 14.0. The molecule has 29 heavy (non-hydrogen) atoms. The molecule has 0 saturated carbocycles. The van der Waals surface area contributed by atoms with Crippen molar-refractivity contribution in [3.63, 3.8) is 0 Å². The Morgan fingerprint density at radius 3 is 2.90 bits per heavy atom. The number of pyridine rings is 1. The van der Waals surface area contributed by atoms with Crippen LogP contribution in [0.3, 0.4) is 0 Å². The van der Waals surface area contributed by atoms with Gasteiger partial charge in [0.05, 0.1) is 11.1 Å². The van der Waals surface area contributed by atoms with Crippen molar-refractivity contribution >= 4 is 23.4 Å². The standard InChI is InChI=1S/C20H19ClFN3O4/c21-14-6-3-4-11(15(14)22)8-23-19(28)13-10-25-12-5-1-2-7-24(9-12)20(29)16(25)18(27)17(13)26/h3-4,6,10,12,27H,1-2,5,7-9H2,(H,23,28)/t12-/m0/s1. The number of fused-ring (bicyclic) bond motifs is 4. The summed E-state index contributed by atoms with van der Waals surface area (Å²) in [5.41, 5.74) is -1.12. The smallest absolute Gasteiger partial charge is 0.274 e. The summed E-state index contributed by atoms with van der Waals surface area (Å²) in [6, 6.07) is 4.30. The molecule has 1 aromatic heterocycles.